The number of hydrogen-bond donors (Lipinski definition) is 1. The Balaban J connectivity index is 0.000000185. The average molecular weight is 276 g/mol. The fourth-order valence-electron chi connectivity index (χ4n) is 0.958. The highest BCUT2D eigenvalue weighted by Crippen LogP contribution is 2.22. The summed E-state index contributed by atoms with van der Waals surface area (Å²) in [6.45, 7) is 0. The quantitative estimate of drug-likeness (QED) is 0.891. The van der Waals surface area contributed by atoms with Gasteiger partial charge in [-0.05, 0) is 12.1 Å². The molecule has 1 aromatic heterocycles. The van der Waals surface area contributed by atoms with E-state index in [2.05, 4.69) is 13.4 Å². The Kier molecular flexibility index (Phi) is 4.82. The van der Waals surface area contributed by atoms with Crippen LogP contribution in [0.5, 0.6) is 0 Å². The molecule has 0 fully saturated rings. The number of para-hydroxylation sites is 1. The molecule has 0 aliphatic heterocycles. The maximum absolute atomic E-state index is 9.92. The summed E-state index contributed by atoms with van der Waals surface area (Å²) in [6, 6.07) is 7.92. The van der Waals surface area contributed by atoms with Crippen molar-refractivity contribution >= 4 is 37.1 Å². The zero-order valence-electron chi connectivity index (χ0n) is 9.28. The van der Waals surface area contributed by atoms with Crippen LogP contribution in [-0.4, -0.2) is 27.6 Å². The first-order valence-electron chi connectivity index (χ1n) is 4.45. The van der Waals surface area contributed by atoms with Crippen molar-refractivity contribution in [2.24, 2.45) is 0 Å². The van der Waals surface area contributed by atoms with Gasteiger partial charge in [-0.25, -0.2) is 4.98 Å². The van der Waals surface area contributed by atoms with Gasteiger partial charge in [0.05, 0.1) is 24.4 Å². The summed E-state index contributed by atoms with van der Waals surface area (Å²) < 4.78 is 28.7. The molecule has 0 radical (unpaired) electrons. The number of fused-ring (bicyclic) bond motifs is 1. The maximum Gasteiger partial charge on any atom is 0.399 e. The number of nitrogens with two attached hydrogens (primary N) is 1. The Bertz CT molecular complexity index is 536. The van der Waals surface area contributed by atoms with E-state index < -0.39 is 10.4 Å². The van der Waals surface area contributed by atoms with E-state index in [-0.39, 0.29) is 0 Å². The normalized spacial score (nSPS) is 10.9. The number of thiazole rings is 1. The van der Waals surface area contributed by atoms with Gasteiger partial charge in [-0.3, -0.25) is 8.37 Å². The molecule has 1 heterocycles. The summed E-state index contributed by atoms with van der Waals surface area (Å²) in [5, 5.41) is 0.640. The molecule has 8 heteroatoms. The largest absolute Gasteiger partial charge is 0.399 e. The second-order valence-corrected chi connectivity index (χ2v) is 5.31. The topological polar surface area (TPSA) is 91.5 Å². The summed E-state index contributed by atoms with van der Waals surface area (Å²) >= 11 is 1.52. The minimum atomic E-state index is -3.66. The van der Waals surface area contributed by atoms with E-state index in [4.69, 9.17) is 5.73 Å². The summed E-state index contributed by atoms with van der Waals surface area (Å²) in [6.07, 6.45) is 0. The van der Waals surface area contributed by atoms with Crippen molar-refractivity contribution in [2.45, 2.75) is 0 Å². The lowest BCUT2D eigenvalue weighted by atomic mass is 10.3. The Labute approximate surface area is 103 Å². The summed E-state index contributed by atoms with van der Waals surface area (Å²) in [4.78, 5) is 4.11. The summed E-state index contributed by atoms with van der Waals surface area (Å²) in [7, 11) is -1.60. The molecular formula is C9H12N2O4S2. The fourth-order valence-corrected chi connectivity index (χ4v) is 1.83. The van der Waals surface area contributed by atoms with Gasteiger partial charge in [-0.2, -0.15) is 8.42 Å². The van der Waals surface area contributed by atoms with Gasteiger partial charge in [-0.1, -0.05) is 23.5 Å². The predicted molar refractivity (Wildman–Crippen MR) is 67.0 cm³/mol. The van der Waals surface area contributed by atoms with Crippen LogP contribution >= 0.6 is 11.3 Å². The Morgan fingerprint density at radius 2 is 1.82 bits per heavy atom. The van der Waals surface area contributed by atoms with Gasteiger partial charge in [0.25, 0.3) is 0 Å². The molecule has 0 saturated carbocycles. The Hall–Kier alpha value is -1.22. The monoisotopic (exact) mass is 276 g/mol. The first-order chi connectivity index (χ1) is 7.98. The van der Waals surface area contributed by atoms with Crippen molar-refractivity contribution in [3.63, 3.8) is 0 Å². The highest BCUT2D eigenvalue weighted by Gasteiger charge is 2.01. The second kappa shape index (κ2) is 5.92. The van der Waals surface area contributed by atoms with Crippen LogP contribution in [0.25, 0.3) is 10.2 Å². The molecule has 0 spiro atoms. The molecule has 0 aliphatic carbocycles. The average Bonchev–Trinajstić information content (AvgIpc) is 2.70. The lowest BCUT2D eigenvalue weighted by molar-refractivity contribution is 0.286. The smallest absolute Gasteiger partial charge is 0.375 e. The molecule has 94 valence electrons. The minimum absolute atomic E-state index is 0.640. The van der Waals surface area contributed by atoms with Crippen LogP contribution in [0.15, 0.2) is 24.3 Å². The molecule has 0 saturated heterocycles. The third kappa shape index (κ3) is 4.27. The molecule has 0 unspecified atom stereocenters. The van der Waals surface area contributed by atoms with Gasteiger partial charge >= 0.3 is 10.4 Å². The minimum Gasteiger partial charge on any atom is -0.375 e. The highest BCUT2D eigenvalue weighted by atomic mass is 32.3. The van der Waals surface area contributed by atoms with Crippen LogP contribution in [0.2, 0.25) is 0 Å². The van der Waals surface area contributed by atoms with E-state index in [0.29, 0.717) is 5.13 Å². The molecule has 2 N–H and O–H groups in total. The van der Waals surface area contributed by atoms with Crippen LogP contribution in [0.1, 0.15) is 0 Å². The SMILES string of the molecule is COS(=O)(=O)OC.Nc1nc2ccccc2s1. The molecule has 17 heavy (non-hydrogen) atoms. The van der Waals surface area contributed by atoms with Gasteiger partial charge in [0, 0.05) is 0 Å². The van der Waals surface area contributed by atoms with E-state index in [1.165, 1.54) is 11.3 Å². The standard InChI is InChI=1S/C7H6N2S.C2H6O4S/c8-7-9-5-3-1-2-4-6(5)10-7;1-5-7(3,4)6-2/h1-4H,(H2,8,9);1-2H3. The predicted octanol–water partition coefficient (Wildman–Crippen LogP) is 1.40. The van der Waals surface area contributed by atoms with Crippen molar-refractivity contribution in [3.8, 4) is 0 Å². The van der Waals surface area contributed by atoms with E-state index in [1.807, 2.05) is 24.3 Å². The van der Waals surface area contributed by atoms with Crippen molar-refractivity contribution in [1.82, 2.24) is 4.98 Å². The molecule has 0 atom stereocenters. The molecule has 6 nitrogen and oxygen atoms in total. The molecule has 1 aromatic carbocycles. The van der Waals surface area contributed by atoms with Gasteiger partial charge < -0.3 is 5.73 Å². The third-order valence-corrected chi connectivity index (χ3v) is 3.40. The zero-order chi connectivity index (χ0) is 12.9. The Morgan fingerprint density at radius 3 is 2.29 bits per heavy atom. The second-order valence-electron chi connectivity index (χ2n) is 2.76. The van der Waals surface area contributed by atoms with E-state index >= 15 is 0 Å². The number of nitrogen functional groups attached to an aromatic ring is 1. The molecule has 0 bridgehead atoms. The summed E-state index contributed by atoms with van der Waals surface area (Å²) in [5.41, 5.74) is 6.49. The number of benzene rings is 1. The lowest BCUT2D eigenvalue weighted by Gasteiger charge is -1.91. The van der Waals surface area contributed by atoms with Gasteiger partial charge in [0.2, 0.25) is 0 Å². The van der Waals surface area contributed by atoms with E-state index in [0.717, 1.165) is 24.4 Å². The highest BCUT2D eigenvalue weighted by molar-refractivity contribution is 7.81. The fraction of sp³-hybridized carbons (Fsp3) is 0.222. The summed E-state index contributed by atoms with van der Waals surface area (Å²) in [5.74, 6) is 0. The molecule has 0 aliphatic rings. The van der Waals surface area contributed by atoms with Crippen molar-refractivity contribution in [1.29, 1.82) is 0 Å². The van der Waals surface area contributed by atoms with Crippen molar-refractivity contribution < 1.29 is 16.8 Å². The van der Waals surface area contributed by atoms with Crippen molar-refractivity contribution in [2.75, 3.05) is 20.0 Å². The van der Waals surface area contributed by atoms with Crippen LogP contribution in [0.4, 0.5) is 5.13 Å². The van der Waals surface area contributed by atoms with E-state index in [1.54, 1.807) is 0 Å². The third-order valence-electron chi connectivity index (χ3n) is 1.72. The number of nitrogens with zero attached hydrogens (tertiary/aromatic N) is 1. The number of hydrogen-bond acceptors (Lipinski definition) is 7. The van der Waals surface area contributed by atoms with E-state index in [9.17, 15) is 8.42 Å². The van der Waals surface area contributed by atoms with Crippen LogP contribution in [-0.2, 0) is 18.8 Å². The van der Waals surface area contributed by atoms with Gasteiger partial charge in [0.1, 0.15) is 0 Å². The van der Waals surface area contributed by atoms with Crippen LogP contribution in [0, 0.1) is 0 Å². The zero-order valence-corrected chi connectivity index (χ0v) is 10.9. The van der Waals surface area contributed by atoms with Gasteiger partial charge in [0.15, 0.2) is 5.13 Å². The lowest BCUT2D eigenvalue weighted by Crippen LogP contribution is -2.02. The molecule has 2 aromatic rings. The molecule has 0 amide bonds. The number of rotatable bonds is 2. The molecular weight excluding hydrogens is 264 g/mol. The number of aromatic nitrogens is 1. The number of anilines is 1. The molecule has 2 rings (SSSR count). The van der Waals surface area contributed by atoms with Crippen LogP contribution in [0.3, 0.4) is 0 Å². The Morgan fingerprint density at radius 1 is 1.24 bits per heavy atom. The van der Waals surface area contributed by atoms with Crippen LogP contribution < -0.4 is 5.73 Å². The first kappa shape index (κ1) is 13.8. The maximum atomic E-state index is 9.92. The van der Waals surface area contributed by atoms with Crippen molar-refractivity contribution in [3.05, 3.63) is 24.3 Å². The first-order valence-corrected chi connectivity index (χ1v) is 6.60. The van der Waals surface area contributed by atoms with Gasteiger partial charge in [-0.15, -0.1) is 0 Å².